The van der Waals surface area contributed by atoms with Gasteiger partial charge in [0.1, 0.15) is 10.3 Å². The summed E-state index contributed by atoms with van der Waals surface area (Å²) >= 11 is 11.3. The number of aromatic nitrogens is 1. The Morgan fingerprint density at radius 3 is 2.43 bits per heavy atom. The third-order valence-electron chi connectivity index (χ3n) is 1.58. The summed E-state index contributed by atoms with van der Waals surface area (Å²) in [6.07, 6.45) is 0. The number of rotatable bonds is 2. The minimum atomic E-state index is -3.63. The zero-order valence-corrected chi connectivity index (χ0v) is 10.2. The van der Waals surface area contributed by atoms with E-state index in [0.29, 0.717) is 11.1 Å². The Kier molecular flexibility index (Phi) is 3.63. The van der Waals surface area contributed by atoms with Crippen molar-refractivity contribution in [2.75, 3.05) is 0 Å². The molecule has 0 aromatic carbocycles. The fourth-order valence-electron chi connectivity index (χ4n) is 0.968. The van der Waals surface area contributed by atoms with Gasteiger partial charge in [0, 0.05) is 16.2 Å². The Hall–Kier alpha value is -0.0300. The van der Waals surface area contributed by atoms with Crippen LogP contribution in [0.25, 0.3) is 0 Å². The molecule has 1 aromatic rings. The fourth-order valence-corrected chi connectivity index (χ4v) is 2.68. The number of aryl methyl sites for hydroxylation is 1. The predicted molar refractivity (Wildman–Crippen MR) is 57.5 cm³/mol. The third-order valence-corrected chi connectivity index (χ3v) is 3.05. The Morgan fingerprint density at radius 2 is 2.00 bits per heavy atom. The van der Waals surface area contributed by atoms with E-state index in [4.69, 9.17) is 33.9 Å². The average molecular weight is 275 g/mol. The Morgan fingerprint density at radius 1 is 1.43 bits per heavy atom. The van der Waals surface area contributed by atoms with Crippen molar-refractivity contribution in [1.82, 2.24) is 4.98 Å². The van der Waals surface area contributed by atoms with Gasteiger partial charge in [0.2, 0.25) is 9.05 Å². The van der Waals surface area contributed by atoms with Crippen molar-refractivity contribution in [3.05, 3.63) is 27.5 Å². The van der Waals surface area contributed by atoms with Crippen LogP contribution in [0.5, 0.6) is 0 Å². The lowest BCUT2D eigenvalue weighted by molar-refractivity contribution is 0.608. The van der Waals surface area contributed by atoms with Gasteiger partial charge in [-0.05, 0) is 18.6 Å². The molecule has 0 bridgehead atoms. The second-order valence-corrected chi connectivity index (χ2v) is 6.24. The number of hydrogen-bond acceptors (Lipinski definition) is 3. The normalized spacial score (nSPS) is 11.7. The van der Waals surface area contributed by atoms with Crippen LogP contribution in [0.3, 0.4) is 0 Å². The van der Waals surface area contributed by atoms with Crippen LogP contribution in [0.1, 0.15) is 11.1 Å². The van der Waals surface area contributed by atoms with Gasteiger partial charge < -0.3 is 0 Å². The van der Waals surface area contributed by atoms with E-state index in [1.807, 2.05) is 0 Å². The van der Waals surface area contributed by atoms with Crippen LogP contribution in [0.2, 0.25) is 10.3 Å². The molecule has 0 fully saturated rings. The smallest absolute Gasteiger partial charge is 0.224 e. The molecule has 0 amide bonds. The van der Waals surface area contributed by atoms with Crippen molar-refractivity contribution in [2.45, 2.75) is 12.7 Å². The lowest BCUT2D eigenvalue weighted by Crippen LogP contribution is -2.00. The number of halogens is 3. The molecule has 14 heavy (non-hydrogen) atoms. The van der Waals surface area contributed by atoms with Gasteiger partial charge in [0.05, 0.1) is 5.75 Å². The molecule has 0 aliphatic heterocycles. The molecule has 0 atom stereocenters. The lowest BCUT2D eigenvalue weighted by atomic mass is 10.2. The molecule has 0 radical (unpaired) electrons. The highest BCUT2D eigenvalue weighted by Crippen LogP contribution is 2.24. The van der Waals surface area contributed by atoms with E-state index < -0.39 is 9.05 Å². The molecule has 0 unspecified atom stereocenters. The molecule has 0 aliphatic rings. The van der Waals surface area contributed by atoms with Crippen molar-refractivity contribution in [3.63, 3.8) is 0 Å². The van der Waals surface area contributed by atoms with Crippen LogP contribution >= 0.6 is 33.9 Å². The monoisotopic (exact) mass is 273 g/mol. The first kappa shape index (κ1) is 12.0. The van der Waals surface area contributed by atoms with Crippen molar-refractivity contribution < 1.29 is 8.42 Å². The number of hydrogen-bond donors (Lipinski definition) is 0. The van der Waals surface area contributed by atoms with Crippen molar-refractivity contribution in [3.8, 4) is 0 Å². The Balaban J connectivity index is 3.22. The Bertz CT molecular complexity index is 435. The molecular weight excluding hydrogens is 269 g/mol. The van der Waals surface area contributed by atoms with Crippen LogP contribution in [-0.2, 0) is 14.8 Å². The number of nitrogens with zero attached hydrogens (tertiary/aromatic N) is 1. The van der Waals surface area contributed by atoms with Crippen LogP contribution in [0.4, 0.5) is 0 Å². The summed E-state index contributed by atoms with van der Waals surface area (Å²) in [7, 11) is 1.47. The first-order chi connectivity index (χ1) is 6.29. The van der Waals surface area contributed by atoms with Gasteiger partial charge in [-0.25, -0.2) is 13.4 Å². The second-order valence-electron chi connectivity index (χ2n) is 2.71. The quantitative estimate of drug-likeness (QED) is 0.615. The average Bonchev–Trinajstić information content (AvgIpc) is 1.95. The zero-order chi connectivity index (χ0) is 10.9. The van der Waals surface area contributed by atoms with Gasteiger partial charge in [-0.3, -0.25) is 0 Å². The predicted octanol–water partition coefficient (Wildman–Crippen LogP) is 2.77. The molecule has 0 saturated carbocycles. The van der Waals surface area contributed by atoms with Gasteiger partial charge in [-0.1, -0.05) is 23.2 Å². The van der Waals surface area contributed by atoms with Gasteiger partial charge in [-0.15, -0.1) is 0 Å². The highest BCUT2D eigenvalue weighted by molar-refractivity contribution is 8.13. The topological polar surface area (TPSA) is 47.0 Å². The summed E-state index contributed by atoms with van der Waals surface area (Å²) in [4.78, 5) is 3.73. The van der Waals surface area contributed by atoms with E-state index >= 15 is 0 Å². The molecule has 0 saturated heterocycles. The molecule has 1 rings (SSSR count). The van der Waals surface area contributed by atoms with Gasteiger partial charge >= 0.3 is 0 Å². The fraction of sp³-hybridized carbons (Fsp3) is 0.286. The summed E-state index contributed by atoms with van der Waals surface area (Å²) in [5.41, 5.74) is 1.03. The highest BCUT2D eigenvalue weighted by atomic mass is 35.7. The van der Waals surface area contributed by atoms with Crippen LogP contribution < -0.4 is 0 Å². The maximum atomic E-state index is 10.8. The molecule has 1 heterocycles. The van der Waals surface area contributed by atoms with Gasteiger partial charge in [-0.2, -0.15) is 0 Å². The maximum Gasteiger partial charge on any atom is 0.236 e. The van der Waals surface area contributed by atoms with Gasteiger partial charge in [0.25, 0.3) is 0 Å². The second kappa shape index (κ2) is 4.23. The van der Waals surface area contributed by atoms with E-state index in [1.165, 1.54) is 6.07 Å². The van der Waals surface area contributed by atoms with Crippen LogP contribution in [0.15, 0.2) is 6.07 Å². The minimum absolute atomic E-state index is 0.0687. The molecule has 78 valence electrons. The van der Waals surface area contributed by atoms with Gasteiger partial charge in [0.15, 0.2) is 0 Å². The number of pyridine rings is 1. The van der Waals surface area contributed by atoms with E-state index in [1.54, 1.807) is 6.92 Å². The van der Waals surface area contributed by atoms with Crippen molar-refractivity contribution in [2.24, 2.45) is 0 Å². The minimum Gasteiger partial charge on any atom is -0.224 e. The molecular formula is C7H6Cl3NO2S. The Labute approximate surface area is 96.4 Å². The van der Waals surface area contributed by atoms with Crippen molar-refractivity contribution >= 4 is 42.9 Å². The molecule has 1 aromatic heterocycles. The molecule has 0 aliphatic carbocycles. The first-order valence-electron chi connectivity index (χ1n) is 3.53. The van der Waals surface area contributed by atoms with Crippen molar-refractivity contribution in [1.29, 1.82) is 0 Å². The summed E-state index contributed by atoms with van der Waals surface area (Å²) in [5, 5.41) is 0.294. The van der Waals surface area contributed by atoms with Crippen LogP contribution in [0, 0.1) is 6.92 Å². The zero-order valence-electron chi connectivity index (χ0n) is 7.09. The summed E-state index contributed by atoms with van der Waals surface area (Å²) in [6, 6.07) is 1.53. The molecule has 0 N–H and O–H groups in total. The third kappa shape index (κ3) is 3.28. The van der Waals surface area contributed by atoms with Crippen LogP contribution in [-0.4, -0.2) is 13.4 Å². The molecule has 3 nitrogen and oxygen atoms in total. The summed E-state index contributed by atoms with van der Waals surface area (Å²) in [6.45, 7) is 1.69. The van der Waals surface area contributed by atoms with E-state index in [2.05, 4.69) is 4.98 Å². The SMILES string of the molecule is Cc1cc(Cl)nc(Cl)c1CS(=O)(=O)Cl. The standard InChI is InChI=1S/C7H6Cl3NO2S/c1-4-2-6(8)11-7(9)5(4)3-14(10,12)13/h2H,3H2,1H3. The summed E-state index contributed by atoms with van der Waals surface area (Å²) in [5.74, 6) is -0.344. The maximum absolute atomic E-state index is 10.8. The first-order valence-corrected chi connectivity index (χ1v) is 6.77. The largest absolute Gasteiger partial charge is 0.236 e. The van der Waals surface area contributed by atoms with E-state index in [0.717, 1.165) is 0 Å². The van der Waals surface area contributed by atoms with E-state index in [9.17, 15) is 8.42 Å². The summed E-state index contributed by atoms with van der Waals surface area (Å²) < 4.78 is 21.7. The molecule has 0 spiro atoms. The van der Waals surface area contributed by atoms with E-state index in [-0.39, 0.29) is 16.1 Å². The lowest BCUT2D eigenvalue weighted by Gasteiger charge is -2.05. The molecule has 7 heteroatoms. The highest BCUT2D eigenvalue weighted by Gasteiger charge is 2.14.